The van der Waals surface area contributed by atoms with Gasteiger partial charge in [0, 0.05) is 6.04 Å². The van der Waals surface area contributed by atoms with E-state index < -0.39 is 0 Å². The number of aryl methyl sites for hydroxylation is 1. The zero-order chi connectivity index (χ0) is 12.3. The van der Waals surface area contributed by atoms with Gasteiger partial charge in [-0.15, -0.1) is 17.5 Å². The molecule has 1 fully saturated rings. The van der Waals surface area contributed by atoms with Crippen molar-refractivity contribution in [2.45, 2.75) is 38.6 Å². The van der Waals surface area contributed by atoms with Crippen molar-refractivity contribution < 1.29 is 4.79 Å². The van der Waals surface area contributed by atoms with E-state index in [-0.39, 0.29) is 24.4 Å². The molecule has 0 radical (unpaired) electrons. The molecule has 18 heavy (non-hydrogen) atoms. The first-order valence-corrected chi connectivity index (χ1v) is 6.85. The maximum atomic E-state index is 12.1. The molecule has 0 spiro atoms. The van der Waals surface area contributed by atoms with E-state index in [1.54, 1.807) is 0 Å². The van der Waals surface area contributed by atoms with Crippen molar-refractivity contribution >= 4 is 29.8 Å². The molecule has 2 atom stereocenters. The van der Waals surface area contributed by atoms with Crippen LogP contribution in [0.2, 0.25) is 0 Å². The lowest BCUT2D eigenvalue weighted by Gasteiger charge is -2.18. The lowest BCUT2D eigenvalue weighted by molar-refractivity contribution is 0.0932. The van der Waals surface area contributed by atoms with Crippen LogP contribution in [0.4, 0.5) is 0 Å². The van der Waals surface area contributed by atoms with E-state index in [1.165, 1.54) is 11.5 Å². The SMILES string of the molecule is CCc1nnsc1C(=O)NC1CCCC1CN.Cl. The highest BCUT2D eigenvalue weighted by Crippen LogP contribution is 2.25. The summed E-state index contributed by atoms with van der Waals surface area (Å²) < 4.78 is 3.83. The normalized spacial score (nSPS) is 22.6. The molecule has 1 aliphatic rings. The van der Waals surface area contributed by atoms with E-state index in [2.05, 4.69) is 14.9 Å². The van der Waals surface area contributed by atoms with E-state index in [1.807, 2.05) is 6.92 Å². The van der Waals surface area contributed by atoms with E-state index in [4.69, 9.17) is 5.73 Å². The third-order valence-corrected chi connectivity index (χ3v) is 4.14. The van der Waals surface area contributed by atoms with Gasteiger partial charge in [-0.05, 0) is 43.3 Å². The van der Waals surface area contributed by atoms with Crippen molar-refractivity contribution in [3.05, 3.63) is 10.6 Å². The van der Waals surface area contributed by atoms with Gasteiger partial charge in [0.25, 0.3) is 5.91 Å². The summed E-state index contributed by atoms with van der Waals surface area (Å²) >= 11 is 1.17. The molecule has 2 unspecified atom stereocenters. The zero-order valence-electron chi connectivity index (χ0n) is 10.4. The first kappa shape index (κ1) is 15.3. The highest BCUT2D eigenvalue weighted by molar-refractivity contribution is 7.08. The quantitative estimate of drug-likeness (QED) is 0.878. The topological polar surface area (TPSA) is 80.9 Å². The Morgan fingerprint density at radius 2 is 2.33 bits per heavy atom. The fourth-order valence-electron chi connectivity index (χ4n) is 2.36. The summed E-state index contributed by atoms with van der Waals surface area (Å²) in [5, 5.41) is 7.02. The number of hydrogen-bond acceptors (Lipinski definition) is 5. The summed E-state index contributed by atoms with van der Waals surface area (Å²) in [7, 11) is 0. The Labute approximate surface area is 117 Å². The molecule has 0 bridgehead atoms. The fraction of sp³-hybridized carbons (Fsp3) is 0.727. The molecule has 1 saturated carbocycles. The molecule has 1 heterocycles. The summed E-state index contributed by atoms with van der Waals surface area (Å²) in [6, 6.07) is 0.222. The number of rotatable bonds is 4. The van der Waals surface area contributed by atoms with Gasteiger partial charge in [-0.2, -0.15) is 0 Å². The summed E-state index contributed by atoms with van der Waals surface area (Å²) in [6.07, 6.45) is 4.03. The first-order chi connectivity index (χ1) is 8.26. The van der Waals surface area contributed by atoms with Gasteiger partial charge in [-0.25, -0.2) is 0 Å². The van der Waals surface area contributed by atoms with Gasteiger partial charge >= 0.3 is 0 Å². The van der Waals surface area contributed by atoms with Crippen molar-refractivity contribution in [3.8, 4) is 0 Å². The number of nitrogens with zero attached hydrogens (tertiary/aromatic N) is 2. The predicted molar refractivity (Wildman–Crippen MR) is 74.2 cm³/mol. The van der Waals surface area contributed by atoms with E-state index in [9.17, 15) is 4.79 Å². The number of halogens is 1. The number of carbonyl (C=O) groups is 1. The summed E-state index contributed by atoms with van der Waals surface area (Å²) in [4.78, 5) is 12.7. The van der Waals surface area contributed by atoms with Crippen molar-refractivity contribution in [2.24, 2.45) is 11.7 Å². The molecule has 0 saturated heterocycles. The lowest BCUT2D eigenvalue weighted by atomic mass is 10.0. The molecule has 7 heteroatoms. The van der Waals surface area contributed by atoms with Gasteiger partial charge < -0.3 is 11.1 Å². The van der Waals surface area contributed by atoms with Crippen LogP contribution in [-0.4, -0.2) is 28.1 Å². The van der Waals surface area contributed by atoms with Crippen molar-refractivity contribution in [3.63, 3.8) is 0 Å². The largest absolute Gasteiger partial charge is 0.348 e. The number of nitrogens with two attached hydrogens (primary N) is 1. The van der Waals surface area contributed by atoms with Crippen LogP contribution in [0, 0.1) is 5.92 Å². The highest BCUT2D eigenvalue weighted by Gasteiger charge is 2.28. The number of nitrogens with one attached hydrogen (secondary N) is 1. The van der Waals surface area contributed by atoms with Crippen LogP contribution in [-0.2, 0) is 6.42 Å². The lowest BCUT2D eigenvalue weighted by Crippen LogP contribution is -2.39. The molecule has 1 amide bonds. The second-order valence-corrected chi connectivity index (χ2v) is 5.16. The Morgan fingerprint density at radius 1 is 1.56 bits per heavy atom. The van der Waals surface area contributed by atoms with Gasteiger partial charge in [0.1, 0.15) is 4.88 Å². The monoisotopic (exact) mass is 290 g/mol. The van der Waals surface area contributed by atoms with Crippen molar-refractivity contribution in [2.75, 3.05) is 6.54 Å². The van der Waals surface area contributed by atoms with Crippen LogP contribution >= 0.6 is 23.9 Å². The van der Waals surface area contributed by atoms with E-state index >= 15 is 0 Å². The summed E-state index contributed by atoms with van der Waals surface area (Å²) in [5.74, 6) is 0.382. The average Bonchev–Trinajstić information content (AvgIpc) is 2.96. The van der Waals surface area contributed by atoms with Crippen molar-refractivity contribution in [1.29, 1.82) is 0 Å². The minimum atomic E-state index is -0.0396. The maximum Gasteiger partial charge on any atom is 0.265 e. The van der Waals surface area contributed by atoms with Crippen LogP contribution in [0.15, 0.2) is 0 Å². The highest BCUT2D eigenvalue weighted by atomic mass is 35.5. The molecular formula is C11H19ClN4OS. The summed E-state index contributed by atoms with van der Waals surface area (Å²) in [6.45, 7) is 2.62. The Bertz CT molecular complexity index is 398. The third kappa shape index (κ3) is 3.18. The van der Waals surface area contributed by atoms with Gasteiger partial charge in [0.05, 0.1) is 5.69 Å². The number of amides is 1. The second kappa shape index (κ2) is 7.01. The van der Waals surface area contributed by atoms with Gasteiger partial charge in [-0.3, -0.25) is 4.79 Å². The zero-order valence-corrected chi connectivity index (χ0v) is 12.0. The third-order valence-electron chi connectivity index (χ3n) is 3.38. The Kier molecular flexibility index (Phi) is 5.98. The molecule has 1 aliphatic carbocycles. The summed E-state index contributed by atoms with van der Waals surface area (Å²) in [5.41, 5.74) is 6.49. The first-order valence-electron chi connectivity index (χ1n) is 6.08. The van der Waals surface area contributed by atoms with Crippen LogP contribution in [0.1, 0.15) is 41.6 Å². The molecule has 102 valence electrons. The number of hydrogen-bond donors (Lipinski definition) is 2. The fourth-order valence-corrected chi connectivity index (χ4v) is 3.01. The van der Waals surface area contributed by atoms with Crippen LogP contribution < -0.4 is 11.1 Å². The Balaban J connectivity index is 0.00000162. The van der Waals surface area contributed by atoms with Crippen molar-refractivity contribution in [1.82, 2.24) is 14.9 Å². The number of aromatic nitrogens is 2. The Hall–Kier alpha value is -0.720. The average molecular weight is 291 g/mol. The molecule has 0 aromatic carbocycles. The predicted octanol–water partition coefficient (Wildman–Crippen LogP) is 1.38. The smallest absolute Gasteiger partial charge is 0.265 e. The molecule has 0 aliphatic heterocycles. The van der Waals surface area contributed by atoms with E-state index in [0.717, 1.165) is 31.4 Å². The second-order valence-electron chi connectivity index (χ2n) is 4.41. The molecule has 3 N–H and O–H groups in total. The maximum absolute atomic E-state index is 12.1. The molecule has 1 aromatic rings. The number of carbonyl (C=O) groups excluding carboxylic acids is 1. The molecular weight excluding hydrogens is 272 g/mol. The minimum absolute atomic E-state index is 0. The van der Waals surface area contributed by atoms with Gasteiger partial charge in [0.15, 0.2) is 0 Å². The van der Waals surface area contributed by atoms with Crippen LogP contribution in [0.25, 0.3) is 0 Å². The van der Waals surface area contributed by atoms with Crippen LogP contribution in [0.5, 0.6) is 0 Å². The minimum Gasteiger partial charge on any atom is -0.348 e. The van der Waals surface area contributed by atoms with Crippen LogP contribution in [0.3, 0.4) is 0 Å². The Morgan fingerprint density at radius 3 is 3.00 bits per heavy atom. The molecule has 2 rings (SSSR count). The molecule has 1 aromatic heterocycles. The van der Waals surface area contributed by atoms with E-state index in [0.29, 0.717) is 17.3 Å². The molecule has 5 nitrogen and oxygen atoms in total. The standard InChI is InChI=1S/C11H18N4OS.ClH/c1-2-8-10(17-15-14-8)11(16)13-9-5-3-4-7(9)6-12;/h7,9H,2-6,12H2,1H3,(H,13,16);1H. The van der Waals surface area contributed by atoms with Gasteiger partial charge in [0.2, 0.25) is 0 Å². The van der Waals surface area contributed by atoms with Gasteiger partial charge in [-0.1, -0.05) is 17.8 Å².